The molecule has 1 aliphatic heterocycles. The van der Waals surface area contributed by atoms with E-state index in [1.54, 1.807) is 0 Å². The van der Waals surface area contributed by atoms with E-state index in [1.165, 1.54) is 0 Å². The first-order chi connectivity index (χ1) is 6.47. The highest BCUT2D eigenvalue weighted by Crippen LogP contribution is 2.31. The number of cyclic esters (lactones) is 1. The van der Waals surface area contributed by atoms with Gasteiger partial charge in [-0.25, -0.2) is 4.79 Å². The second-order valence-corrected chi connectivity index (χ2v) is 4.22. The normalized spacial score (nSPS) is 24.5. The van der Waals surface area contributed by atoms with Crippen LogP contribution in [-0.4, -0.2) is 24.6 Å². The van der Waals surface area contributed by atoms with E-state index in [4.69, 9.17) is 9.47 Å². The Kier molecular flexibility index (Phi) is 3.13. The first kappa shape index (κ1) is 11.0. The highest BCUT2D eigenvalue weighted by molar-refractivity contribution is 5.81. The Bertz CT molecular complexity index is 245. The number of hydrogen-bond donors (Lipinski definition) is 0. The molecular weight excluding hydrogens is 184 g/mol. The Hall–Kier alpha value is -1.06. The summed E-state index contributed by atoms with van der Waals surface area (Å²) in [7, 11) is 0. The predicted molar refractivity (Wildman–Crippen MR) is 49.5 cm³/mol. The van der Waals surface area contributed by atoms with Crippen molar-refractivity contribution in [3.63, 3.8) is 0 Å². The molecule has 0 aromatic rings. The van der Waals surface area contributed by atoms with E-state index < -0.39 is 17.5 Å². The van der Waals surface area contributed by atoms with Crippen molar-refractivity contribution in [2.24, 2.45) is 5.41 Å². The molecule has 80 valence electrons. The molecule has 0 saturated carbocycles. The summed E-state index contributed by atoms with van der Waals surface area (Å²) in [4.78, 5) is 22.4. The van der Waals surface area contributed by atoms with Crippen molar-refractivity contribution in [1.82, 2.24) is 0 Å². The third-order valence-corrected chi connectivity index (χ3v) is 2.21. The number of esters is 2. The number of ether oxygens (including phenoxy) is 2. The van der Waals surface area contributed by atoms with Crippen LogP contribution in [0.5, 0.6) is 0 Å². The Morgan fingerprint density at radius 1 is 1.64 bits per heavy atom. The molecule has 4 heteroatoms. The first-order valence-corrected chi connectivity index (χ1v) is 4.83. The van der Waals surface area contributed by atoms with Crippen LogP contribution in [0, 0.1) is 5.41 Å². The molecule has 1 rings (SSSR count). The minimum Gasteiger partial charge on any atom is -0.462 e. The monoisotopic (exact) mass is 200 g/mol. The maximum atomic E-state index is 11.2. The van der Waals surface area contributed by atoms with Gasteiger partial charge in [-0.2, -0.15) is 0 Å². The lowest BCUT2D eigenvalue weighted by molar-refractivity contribution is -0.163. The summed E-state index contributed by atoms with van der Waals surface area (Å²) < 4.78 is 9.91. The van der Waals surface area contributed by atoms with Gasteiger partial charge in [-0.15, -0.1) is 0 Å². The summed E-state index contributed by atoms with van der Waals surface area (Å²) in [5.74, 6) is -0.760. The fraction of sp³-hybridized carbons (Fsp3) is 0.800. The molecule has 1 saturated heterocycles. The van der Waals surface area contributed by atoms with Crippen LogP contribution in [-0.2, 0) is 19.1 Å². The van der Waals surface area contributed by atoms with Crippen molar-refractivity contribution >= 4 is 11.9 Å². The van der Waals surface area contributed by atoms with Crippen molar-refractivity contribution in [2.75, 3.05) is 6.61 Å². The molecular formula is C10H16O4. The molecule has 0 radical (unpaired) electrons. The second kappa shape index (κ2) is 3.98. The number of hydrogen-bond acceptors (Lipinski definition) is 4. The molecule has 14 heavy (non-hydrogen) atoms. The minimum atomic E-state index is -0.735. The van der Waals surface area contributed by atoms with Gasteiger partial charge in [0, 0.05) is 11.8 Å². The molecule has 1 atom stereocenters. The van der Waals surface area contributed by atoms with E-state index in [9.17, 15) is 9.59 Å². The second-order valence-electron chi connectivity index (χ2n) is 4.22. The lowest BCUT2D eigenvalue weighted by Gasteiger charge is -2.21. The average Bonchev–Trinajstić information content (AvgIpc) is 2.32. The molecule has 0 aliphatic carbocycles. The molecule has 1 aliphatic rings. The van der Waals surface area contributed by atoms with Gasteiger partial charge in [-0.3, -0.25) is 4.79 Å². The van der Waals surface area contributed by atoms with Gasteiger partial charge >= 0.3 is 11.9 Å². The maximum Gasteiger partial charge on any atom is 0.348 e. The molecule has 4 nitrogen and oxygen atoms in total. The van der Waals surface area contributed by atoms with E-state index in [0.29, 0.717) is 13.0 Å². The van der Waals surface area contributed by atoms with Crippen LogP contribution in [0.3, 0.4) is 0 Å². The lowest BCUT2D eigenvalue weighted by atomic mass is 9.90. The van der Waals surface area contributed by atoms with Crippen molar-refractivity contribution in [3.8, 4) is 0 Å². The van der Waals surface area contributed by atoms with Gasteiger partial charge < -0.3 is 9.47 Å². The topological polar surface area (TPSA) is 52.6 Å². The number of rotatable bonds is 3. The Morgan fingerprint density at radius 2 is 2.29 bits per heavy atom. The van der Waals surface area contributed by atoms with Crippen molar-refractivity contribution in [1.29, 1.82) is 0 Å². The highest BCUT2D eigenvalue weighted by Gasteiger charge is 2.46. The van der Waals surface area contributed by atoms with Gasteiger partial charge in [0.25, 0.3) is 0 Å². The fourth-order valence-corrected chi connectivity index (χ4v) is 1.33. The van der Waals surface area contributed by atoms with Crippen molar-refractivity contribution in [3.05, 3.63) is 0 Å². The van der Waals surface area contributed by atoms with Gasteiger partial charge in [0.05, 0.1) is 0 Å². The standard InChI is InChI=1S/C10H16O4/c1-4-5-7(11)14-8-9(12)13-6-10(8,2)3/h8H,4-6H2,1-3H3/t8-/m1/s1. The number of carbonyl (C=O) groups is 2. The van der Waals surface area contributed by atoms with Gasteiger partial charge in [0.1, 0.15) is 6.61 Å². The van der Waals surface area contributed by atoms with E-state index >= 15 is 0 Å². The summed E-state index contributed by atoms with van der Waals surface area (Å²) in [5.41, 5.74) is -0.402. The average molecular weight is 200 g/mol. The summed E-state index contributed by atoms with van der Waals surface area (Å²) in [6, 6.07) is 0. The SMILES string of the molecule is CCCC(=O)O[C@@H]1C(=O)OCC1(C)C. The Balaban J connectivity index is 2.58. The molecule has 1 fully saturated rings. The van der Waals surface area contributed by atoms with Crippen LogP contribution in [0.4, 0.5) is 0 Å². The highest BCUT2D eigenvalue weighted by atomic mass is 16.6. The quantitative estimate of drug-likeness (QED) is 0.644. The summed E-state index contributed by atoms with van der Waals surface area (Å²) in [6.07, 6.45) is 0.336. The van der Waals surface area contributed by atoms with Gasteiger partial charge in [-0.1, -0.05) is 20.8 Å². The minimum absolute atomic E-state index is 0.315. The number of carbonyl (C=O) groups excluding carboxylic acids is 2. The first-order valence-electron chi connectivity index (χ1n) is 4.83. The lowest BCUT2D eigenvalue weighted by Crippen LogP contribution is -2.34. The van der Waals surface area contributed by atoms with Gasteiger partial charge in [0.2, 0.25) is 6.10 Å². The molecule has 0 aromatic carbocycles. The van der Waals surface area contributed by atoms with E-state index in [0.717, 1.165) is 6.42 Å². The Labute approximate surface area is 83.6 Å². The summed E-state index contributed by atoms with van der Waals surface area (Å²) in [6.45, 7) is 5.90. The molecule has 0 aromatic heterocycles. The van der Waals surface area contributed by atoms with Crippen LogP contribution in [0.15, 0.2) is 0 Å². The van der Waals surface area contributed by atoms with Crippen LogP contribution < -0.4 is 0 Å². The molecule has 0 bridgehead atoms. The maximum absolute atomic E-state index is 11.2. The van der Waals surface area contributed by atoms with Crippen LogP contribution >= 0.6 is 0 Å². The third kappa shape index (κ3) is 2.25. The molecule has 1 heterocycles. The van der Waals surface area contributed by atoms with Gasteiger partial charge in [-0.05, 0) is 6.42 Å². The van der Waals surface area contributed by atoms with Crippen molar-refractivity contribution < 1.29 is 19.1 Å². The zero-order chi connectivity index (χ0) is 10.8. The molecule has 0 amide bonds. The molecule has 0 unspecified atom stereocenters. The van der Waals surface area contributed by atoms with Crippen molar-refractivity contribution in [2.45, 2.75) is 39.7 Å². The molecule has 0 N–H and O–H groups in total. The van der Waals surface area contributed by atoms with E-state index in [2.05, 4.69) is 0 Å². The fourth-order valence-electron chi connectivity index (χ4n) is 1.33. The van der Waals surface area contributed by atoms with Crippen LogP contribution in [0.2, 0.25) is 0 Å². The summed E-state index contributed by atoms with van der Waals surface area (Å²) >= 11 is 0. The van der Waals surface area contributed by atoms with Crippen LogP contribution in [0.1, 0.15) is 33.6 Å². The zero-order valence-electron chi connectivity index (χ0n) is 8.83. The molecule has 0 spiro atoms. The smallest absolute Gasteiger partial charge is 0.348 e. The largest absolute Gasteiger partial charge is 0.462 e. The summed E-state index contributed by atoms with van der Waals surface area (Å²) in [5, 5.41) is 0. The zero-order valence-corrected chi connectivity index (χ0v) is 8.83. The van der Waals surface area contributed by atoms with Gasteiger partial charge in [0.15, 0.2) is 0 Å². The predicted octanol–water partition coefficient (Wildman–Crippen LogP) is 1.28. The van der Waals surface area contributed by atoms with E-state index in [-0.39, 0.29) is 5.97 Å². The van der Waals surface area contributed by atoms with E-state index in [1.807, 2.05) is 20.8 Å². The Morgan fingerprint density at radius 3 is 2.71 bits per heavy atom. The van der Waals surface area contributed by atoms with Crippen LogP contribution in [0.25, 0.3) is 0 Å². The third-order valence-electron chi connectivity index (χ3n) is 2.21.